The van der Waals surface area contributed by atoms with E-state index in [1.807, 2.05) is 30.3 Å². The van der Waals surface area contributed by atoms with Crippen LogP contribution in [0.15, 0.2) is 48.5 Å². The third kappa shape index (κ3) is 2.34. The van der Waals surface area contributed by atoms with Crippen molar-refractivity contribution in [1.82, 2.24) is 15.1 Å². The standard InChI is InChI=1S/C19H17N3O3/c1-22-18(12-4-3-5-13(23)10-12)15-16(20-21-17(15)19(22)24)11-6-8-14(25-2)9-7-11/h3-10,18,23H,1-2H3,(H,20,21)/t18-/m1/s1. The maximum absolute atomic E-state index is 12.6. The predicted molar refractivity (Wildman–Crippen MR) is 92.6 cm³/mol. The van der Waals surface area contributed by atoms with Gasteiger partial charge in [0.15, 0.2) is 0 Å². The number of fused-ring (bicyclic) bond motifs is 1. The molecule has 1 atom stereocenters. The maximum atomic E-state index is 12.6. The summed E-state index contributed by atoms with van der Waals surface area (Å²) in [5.74, 6) is 0.811. The lowest BCUT2D eigenvalue weighted by atomic mass is 9.96. The van der Waals surface area contributed by atoms with E-state index in [2.05, 4.69) is 10.2 Å². The molecule has 0 aliphatic carbocycles. The molecule has 6 heteroatoms. The third-order valence-electron chi connectivity index (χ3n) is 4.55. The summed E-state index contributed by atoms with van der Waals surface area (Å²) in [7, 11) is 3.37. The molecule has 2 aromatic carbocycles. The van der Waals surface area contributed by atoms with Crippen LogP contribution in [0.25, 0.3) is 11.3 Å². The molecule has 0 saturated carbocycles. The number of nitrogens with one attached hydrogen (secondary N) is 1. The molecule has 1 aromatic heterocycles. The molecule has 1 aliphatic rings. The van der Waals surface area contributed by atoms with Crippen molar-refractivity contribution in [3.63, 3.8) is 0 Å². The summed E-state index contributed by atoms with van der Waals surface area (Å²) in [6.45, 7) is 0. The first kappa shape index (κ1) is 15.3. The summed E-state index contributed by atoms with van der Waals surface area (Å²) in [6.07, 6.45) is 0. The summed E-state index contributed by atoms with van der Waals surface area (Å²) >= 11 is 0. The second-order valence-corrected chi connectivity index (χ2v) is 6.00. The number of hydrogen-bond acceptors (Lipinski definition) is 4. The molecule has 4 rings (SSSR count). The fourth-order valence-electron chi connectivity index (χ4n) is 3.32. The number of aromatic nitrogens is 2. The summed E-state index contributed by atoms with van der Waals surface area (Å²) in [5.41, 5.74) is 3.77. The van der Waals surface area contributed by atoms with E-state index in [1.54, 1.807) is 37.3 Å². The number of amides is 1. The smallest absolute Gasteiger partial charge is 0.272 e. The van der Waals surface area contributed by atoms with E-state index in [0.717, 1.165) is 28.1 Å². The Bertz CT molecular complexity index is 947. The van der Waals surface area contributed by atoms with Gasteiger partial charge in [-0.25, -0.2) is 0 Å². The number of carbonyl (C=O) groups excluding carboxylic acids is 1. The van der Waals surface area contributed by atoms with Crippen LogP contribution in [0.4, 0.5) is 0 Å². The Balaban J connectivity index is 1.86. The van der Waals surface area contributed by atoms with Gasteiger partial charge in [0, 0.05) is 18.2 Å². The Morgan fingerprint density at radius 2 is 1.96 bits per heavy atom. The van der Waals surface area contributed by atoms with Gasteiger partial charge in [0.05, 0.1) is 18.8 Å². The zero-order valence-electron chi connectivity index (χ0n) is 13.9. The number of H-pyrrole nitrogens is 1. The first-order valence-electron chi connectivity index (χ1n) is 7.89. The molecule has 0 radical (unpaired) electrons. The Labute approximate surface area is 144 Å². The van der Waals surface area contributed by atoms with Crippen molar-refractivity contribution in [2.24, 2.45) is 0 Å². The first-order valence-corrected chi connectivity index (χ1v) is 7.89. The van der Waals surface area contributed by atoms with Crippen LogP contribution in [0.1, 0.15) is 27.7 Å². The van der Waals surface area contributed by atoms with Gasteiger partial charge in [0.1, 0.15) is 17.2 Å². The highest BCUT2D eigenvalue weighted by atomic mass is 16.5. The number of hydrogen-bond donors (Lipinski definition) is 2. The SMILES string of the molecule is COc1ccc(-c2n[nH]c3c2[C@@H](c2cccc(O)c2)N(C)C3=O)cc1. The van der Waals surface area contributed by atoms with Gasteiger partial charge in [-0.05, 0) is 42.0 Å². The number of nitrogens with zero attached hydrogens (tertiary/aromatic N) is 2. The van der Waals surface area contributed by atoms with Crippen LogP contribution < -0.4 is 4.74 Å². The van der Waals surface area contributed by atoms with Crippen LogP contribution in [0.3, 0.4) is 0 Å². The van der Waals surface area contributed by atoms with Crippen molar-refractivity contribution in [2.75, 3.05) is 14.2 Å². The van der Waals surface area contributed by atoms with Crippen molar-refractivity contribution in [2.45, 2.75) is 6.04 Å². The molecule has 2 heterocycles. The Morgan fingerprint density at radius 3 is 2.64 bits per heavy atom. The van der Waals surface area contributed by atoms with Crippen molar-refractivity contribution in [1.29, 1.82) is 0 Å². The molecule has 1 aliphatic heterocycles. The molecule has 2 N–H and O–H groups in total. The van der Waals surface area contributed by atoms with E-state index in [9.17, 15) is 9.90 Å². The van der Waals surface area contributed by atoms with E-state index in [1.165, 1.54) is 0 Å². The van der Waals surface area contributed by atoms with Crippen molar-refractivity contribution in [3.05, 3.63) is 65.4 Å². The summed E-state index contributed by atoms with van der Waals surface area (Å²) in [6, 6.07) is 14.2. The molecule has 0 unspecified atom stereocenters. The second kappa shape index (κ2) is 5.66. The molecular formula is C19H17N3O3. The molecular weight excluding hydrogens is 318 g/mol. The van der Waals surface area contributed by atoms with Gasteiger partial charge in [0.2, 0.25) is 0 Å². The van der Waals surface area contributed by atoms with Gasteiger partial charge >= 0.3 is 0 Å². The summed E-state index contributed by atoms with van der Waals surface area (Å²) in [5, 5.41) is 17.1. The molecule has 0 spiro atoms. The number of phenolic OH excluding ortho intramolecular Hbond substituents is 1. The molecule has 0 fully saturated rings. The average Bonchev–Trinajstić information content (AvgIpc) is 3.15. The van der Waals surface area contributed by atoms with Gasteiger partial charge in [-0.2, -0.15) is 5.10 Å². The molecule has 1 amide bonds. The first-order chi connectivity index (χ1) is 12.1. The number of phenols is 1. The van der Waals surface area contributed by atoms with Gasteiger partial charge in [-0.15, -0.1) is 0 Å². The zero-order valence-corrected chi connectivity index (χ0v) is 13.9. The Morgan fingerprint density at radius 1 is 1.20 bits per heavy atom. The van der Waals surface area contributed by atoms with Crippen LogP contribution in [0.5, 0.6) is 11.5 Å². The summed E-state index contributed by atoms with van der Waals surface area (Å²) < 4.78 is 5.20. The predicted octanol–water partition coefficient (Wildman–Crippen LogP) is 2.97. The molecule has 126 valence electrons. The Hall–Kier alpha value is -3.28. The van der Waals surface area contributed by atoms with Crippen LogP contribution in [0.2, 0.25) is 0 Å². The van der Waals surface area contributed by atoms with Gasteiger partial charge in [0.25, 0.3) is 5.91 Å². The number of ether oxygens (including phenoxy) is 1. The lowest BCUT2D eigenvalue weighted by Crippen LogP contribution is -2.24. The normalized spacial score (nSPS) is 16.2. The highest BCUT2D eigenvalue weighted by Gasteiger charge is 2.40. The number of aromatic hydroxyl groups is 1. The van der Waals surface area contributed by atoms with Crippen LogP contribution in [-0.2, 0) is 0 Å². The van der Waals surface area contributed by atoms with Crippen molar-refractivity contribution >= 4 is 5.91 Å². The molecule has 0 saturated heterocycles. The molecule has 25 heavy (non-hydrogen) atoms. The van der Waals surface area contributed by atoms with E-state index in [4.69, 9.17) is 4.74 Å². The number of benzene rings is 2. The summed E-state index contributed by atoms with van der Waals surface area (Å²) in [4.78, 5) is 14.2. The molecule has 6 nitrogen and oxygen atoms in total. The molecule has 0 bridgehead atoms. The lowest BCUT2D eigenvalue weighted by molar-refractivity contribution is 0.0787. The van der Waals surface area contributed by atoms with E-state index in [-0.39, 0.29) is 17.7 Å². The van der Waals surface area contributed by atoms with Gasteiger partial charge < -0.3 is 14.7 Å². The number of rotatable bonds is 3. The zero-order chi connectivity index (χ0) is 17.6. The second-order valence-electron chi connectivity index (χ2n) is 6.00. The van der Waals surface area contributed by atoms with E-state index >= 15 is 0 Å². The third-order valence-corrected chi connectivity index (χ3v) is 4.55. The largest absolute Gasteiger partial charge is 0.508 e. The quantitative estimate of drug-likeness (QED) is 0.771. The minimum atomic E-state index is -0.301. The van der Waals surface area contributed by atoms with Gasteiger partial charge in [-0.3, -0.25) is 9.89 Å². The highest BCUT2D eigenvalue weighted by molar-refractivity contribution is 6.00. The van der Waals surface area contributed by atoms with Crippen LogP contribution in [-0.4, -0.2) is 40.3 Å². The van der Waals surface area contributed by atoms with E-state index in [0.29, 0.717) is 5.69 Å². The fraction of sp³-hybridized carbons (Fsp3) is 0.158. The van der Waals surface area contributed by atoms with Crippen molar-refractivity contribution in [3.8, 4) is 22.8 Å². The highest BCUT2D eigenvalue weighted by Crippen LogP contribution is 2.42. The average molecular weight is 335 g/mol. The Kier molecular flexibility index (Phi) is 3.46. The van der Waals surface area contributed by atoms with Crippen LogP contribution in [0, 0.1) is 0 Å². The maximum Gasteiger partial charge on any atom is 0.272 e. The minimum absolute atomic E-state index is 0.115. The van der Waals surface area contributed by atoms with Crippen LogP contribution >= 0.6 is 0 Å². The minimum Gasteiger partial charge on any atom is -0.508 e. The topological polar surface area (TPSA) is 78.5 Å². The number of aromatic amines is 1. The number of carbonyl (C=O) groups is 1. The van der Waals surface area contributed by atoms with E-state index < -0.39 is 0 Å². The van der Waals surface area contributed by atoms with Gasteiger partial charge in [-0.1, -0.05) is 12.1 Å². The van der Waals surface area contributed by atoms with Crippen molar-refractivity contribution < 1.29 is 14.6 Å². The monoisotopic (exact) mass is 335 g/mol. The lowest BCUT2D eigenvalue weighted by Gasteiger charge is -2.22. The number of methoxy groups -OCH3 is 1. The molecule has 3 aromatic rings. The fourth-order valence-corrected chi connectivity index (χ4v) is 3.32.